The number of carbonyl (C=O) groups excluding carboxylic acids is 1. The molecule has 1 amide bonds. The van der Waals surface area contributed by atoms with E-state index < -0.39 is 24.1 Å². The Morgan fingerprint density at radius 2 is 2.14 bits per heavy atom. The van der Waals surface area contributed by atoms with E-state index in [1.165, 1.54) is 29.6 Å². The fraction of sp³-hybridized carbons (Fsp3) is 0.267. The second-order valence-electron chi connectivity index (χ2n) is 4.67. The molecule has 7 heteroatoms. The number of carbonyl (C=O) groups is 2. The van der Waals surface area contributed by atoms with Crippen molar-refractivity contribution in [1.29, 1.82) is 0 Å². The van der Waals surface area contributed by atoms with Crippen LogP contribution >= 0.6 is 0 Å². The molecule has 2 heterocycles. The van der Waals surface area contributed by atoms with Gasteiger partial charge >= 0.3 is 5.97 Å². The van der Waals surface area contributed by atoms with Crippen molar-refractivity contribution in [3.8, 4) is 0 Å². The maximum Gasteiger partial charge on any atom is 0.305 e. The highest BCUT2D eigenvalue weighted by atomic mass is 16.4. The Morgan fingerprint density at radius 1 is 1.41 bits per heavy atom. The van der Waals surface area contributed by atoms with Crippen LogP contribution in [0.2, 0.25) is 0 Å². The Hall–Kier alpha value is -2.83. The minimum atomic E-state index is -1.01. The van der Waals surface area contributed by atoms with Gasteiger partial charge in [-0.2, -0.15) is 0 Å². The molecule has 0 radical (unpaired) electrons. The Morgan fingerprint density at radius 3 is 2.77 bits per heavy atom. The molecule has 0 aromatic carbocycles. The van der Waals surface area contributed by atoms with Crippen LogP contribution in [0.4, 0.5) is 0 Å². The van der Waals surface area contributed by atoms with Crippen molar-refractivity contribution < 1.29 is 14.7 Å². The maximum absolute atomic E-state index is 12.6. The van der Waals surface area contributed by atoms with E-state index in [2.05, 4.69) is 28.1 Å². The van der Waals surface area contributed by atoms with Gasteiger partial charge in [0, 0.05) is 18.6 Å². The van der Waals surface area contributed by atoms with Crippen molar-refractivity contribution in [2.75, 3.05) is 0 Å². The lowest BCUT2D eigenvalue weighted by molar-refractivity contribution is -0.138. The number of likely N-dealkylation sites (tertiary alicyclic amines) is 1. The molecule has 0 aromatic heterocycles. The van der Waals surface area contributed by atoms with Crippen molar-refractivity contribution in [3.63, 3.8) is 0 Å². The van der Waals surface area contributed by atoms with Crippen LogP contribution in [0, 0.1) is 0 Å². The molecule has 1 N–H and O–H groups in total. The number of hydrogen-bond donors (Lipinski definition) is 1. The fourth-order valence-corrected chi connectivity index (χ4v) is 2.52. The highest BCUT2D eigenvalue weighted by molar-refractivity contribution is 6.18. The van der Waals surface area contributed by atoms with Crippen LogP contribution in [0.25, 0.3) is 0 Å². The average molecular weight is 300 g/mol. The second kappa shape index (κ2) is 6.75. The van der Waals surface area contributed by atoms with Gasteiger partial charge in [0.05, 0.1) is 12.5 Å². The van der Waals surface area contributed by atoms with Crippen LogP contribution in [0.15, 0.2) is 52.6 Å². The summed E-state index contributed by atoms with van der Waals surface area (Å²) in [5.74, 6) is -1.04. The largest absolute Gasteiger partial charge is 0.481 e. The van der Waals surface area contributed by atoms with Crippen molar-refractivity contribution in [1.82, 2.24) is 4.90 Å². The van der Waals surface area contributed by atoms with Gasteiger partial charge in [-0.25, -0.2) is 4.99 Å². The van der Waals surface area contributed by atoms with Crippen molar-refractivity contribution in [2.24, 2.45) is 15.0 Å². The number of carboxylic acids is 1. The molecule has 3 atom stereocenters. The van der Waals surface area contributed by atoms with Crippen molar-refractivity contribution >= 4 is 30.1 Å². The lowest BCUT2D eigenvalue weighted by Crippen LogP contribution is -2.41. The molecule has 7 nitrogen and oxygen atoms in total. The zero-order valence-electron chi connectivity index (χ0n) is 11.9. The SMILES string of the molecule is C=C/C=C\C(=NC=C)N1C(=O)C2N=CC=NC2C1CC(=O)O. The van der Waals surface area contributed by atoms with Crippen LogP contribution in [0.1, 0.15) is 6.42 Å². The number of aliphatic carboxylic acids is 1. The van der Waals surface area contributed by atoms with Gasteiger partial charge in [0.15, 0.2) is 6.04 Å². The number of amides is 1. The molecule has 2 aliphatic heterocycles. The smallest absolute Gasteiger partial charge is 0.305 e. The Balaban J connectivity index is 2.44. The summed E-state index contributed by atoms with van der Waals surface area (Å²) in [5, 5.41) is 9.13. The number of rotatable bonds is 5. The number of hydrogen-bond acceptors (Lipinski definition) is 5. The van der Waals surface area contributed by atoms with Gasteiger partial charge in [0.25, 0.3) is 5.91 Å². The fourth-order valence-electron chi connectivity index (χ4n) is 2.52. The van der Waals surface area contributed by atoms with E-state index in [1.54, 1.807) is 12.2 Å². The van der Waals surface area contributed by atoms with Gasteiger partial charge in [-0.15, -0.1) is 0 Å². The number of fused-ring (bicyclic) bond motifs is 1. The Labute approximate surface area is 127 Å². The summed E-state index contributed by atoms with van der Waals surface area (Å²) in [5.41, 5.74) is 0. The topological polar surface area (TPSA) is 94.7 Å². The average Bonchev–Trinajstić information content (AvgIpc) is 2.76. The first kappa shape index (κ1) is 15.6. The molecule has 22 heavy (non-hydrogen) atoms. The van der Waals surface area contributed by atoms with Crippen LogP contribution in [-0.4, -0.2) is 58.3 Å². The Kier molecular flexibility index (Phi) is 4.77. The molecule has 0 saturated carbocycles. The first-order valence-corrected chi connectivity index (χ1v) is 6.67. The van der Waals surface area contributed by atoms with E-state index >= 15 is 0 Å². The zero-order chi connectivity index (χ0) is 16.1. The minimum absolute atomic E-state index is 0.238. The molecular formula is C15H16N4O3. The third kappa shape index (κ3) is 2.93. The van der Waals surface area contributed by atoms with Gasteiger partial charge in [-0.05, 0) is 6.08 Å². The molecule has 1 fully saturated rings. The van der Waals surface area contributed by atoms with Crippen LogP contribution in [0.5, 0.6) is 0 Å². The summed E-state index contributed by atoms with van der Waals surface area (Å²) in [6, 6.07) is -1.88. The summed E-state index contributed by atoms with van der Waals surface area (Å²) in [7, 11) is 0. The summed E-state index contributed by atoms with van der Waals surface area (Å²) >= 11 is 0. The first-order valence-electron chi connectivity index (χ1n) is 6.67. The molecule has 0 aromatic rings. The summed E-state index contributed by atoms with van der Waals surface area (Å²) in [6.45, 7) is 7.09. The monoisotopic (exact) mass is 300 g/mol. The molecule has 114 valence electrons. The summed E-state index contributed by atoms with van der Waals surface area (Å²) in [4.78, 5) is 37.5. The van der Waals surface area contributed by atoms with Gasteiger partial charge in [0.1, 0.15) is 11.9 Å². The molecule has 0 spiro atoms. The van der Waals surface area contributed by atoms with E-state index in [4.69, 9.17) is 5.11 Å². The maximum atomic E-state index is 12.6. The minimum Gasteiger partial charge on any atom is -0.481 e. The molecule has 2 rings (SSSR count). The van der Waals surface area contributed by atoms with E-state index in [9.17, 15) is 9.59 Å². The Bertz CT molecular complexity index is 618. The lowest BCUT2D eigenvalue weighted by atomic mass is 10.0. The van der Waals surface area contributed by atoms with Gasteiger partial charge < -0.3 is 5.11 Å². The number of allylic oxidation sites excluding steroid dienone is 2. The van der Waals surface area contributed by atoms with E-state index in [1.807, 2.05) is 0 Å². The zero-order valence-corrected chi connectivity index (χ0v) is 11.9. The van der Waals surface area contributed by atoms with Gasteiger partial charge in [-0.1, -0.05) is 25.3 Å². The molecule has 3 unspecified atom stereocenters. The third-order valence-corrected chi connectivity index (χ3v) is 3.35. The number of aliphatic imine (C=N–C) groups is 3. The molecule has 0 aliphatic carbocycles. The van der Waals surface area contributed by atoms with Crippen LogP contribution in [-0.2, 0) is 9.59 Å². The predicted octanol–water partition coefficient (Wildman–Crippen LogP) is 0.848. The molecule has 2 aliphatic rings. The second-order valence-corrected chi connectivity index (χ2v) is 4.67. The normalized spacial score (nSPS) is 27.3. The van der Waals surface area contributed by atoms with Crippen molar-refractivity contribution in [3.05, 3.63) is 37.6 Å². The lowest BCUT2D eigenvalue weighted by Gasteiger charge is -2.24. The standard InChI is InChI=1S/C15H16N4O3/c1-3-5-6-11(16-4-2)19-10(9-12(20)21)13-14(15(19)22)18-8-7-17-13/h3-8,10,13-14H,1-2,9H2,(H,20,21)/b6-5-,16-11?. The van der Waals surface area contributed by atoms with E-state index in [0.29, 0.717) is 5.84 Å². The molecule has 0 bridgehead atoms. The van der Waals surface area contributed by atoms with Crippen LogP contribution < -0.4 is 0 Å². The van der Waals surface area contributed by atoms with E-state index in [0.717, 1.165) is 0 Å². The molecular weight excluding hydrogens is 284 g/mol. The number of amidine groups is 1. The molecule has 1 saturated heterocycles. The quantitative estimate of drug-likeness (QED) is 0.463. The number of nitrogens with zero attached hydrogens (tertiary/aromatic N) is 4. The third-order valence-electron chi connectivity index (χ3n) is 3.35. The summed E-state index contributed by atoms with van der Waals surface area (Å²) < 4.78 is 0. The van der Waals surface area contributed by atoms with Gasteiger partial charge in [0.2, 0.25) is 0 Å². The highest BCUT2D eigenvalue weighted by Gasteiger charge is 2.50. The predicted molar refractivity (Wildman–Crippen MR) is 84.4 cm³/mol. The summed E-state index contributed by atoms with van der Waals surface area (Å²) in [6.07, 6.45) is 8.71. The van der Waals surface area contributed by atoms with Gasteiger partial charge in [-0.3, -0.25) is 24.5 Å². The van der Waals surface area contributed by atoms with Crippen LogP contribution in [0.3, 0.4) is 0 Å². The van der Waals surface area contributed by atoms with Crippen molar-refractivity contribution in [2.45, 2.75) is 24.5 Å². The highest BCUT2D eigenvalue weighted by Crippen LogP contribution is 2.29. The number of carboxylic acid groups (broad SMARTS) is 1. The van der Waals surface area contributed by atoms with E-state index in [-0.39, 0.29) is 12.3 Å². The first-order chi connectivity index (χ1) is 10.6.